The Morgan fingerprint density at radius 3 is 2.39 bits per heavy atom. The van der Waals surface area contributed by atoms with Gasteiger partial charge in [-0.15, -0.1) is 0 Å². The van der Waals surface area contributed by atoms with Crippen molar-refractivity contribution in [1.82, 2.24) is 24.2 Å². The fraction of sp³-hybridized carbons (Fsp3) is 0.222. The van der Waals surface area contributed by atoms with Crippen molar-refractivity contribution >= 4 is 62.8 Å². The van der Waals surface area contributed by atoms with Crippen LogP contribution in [0.2, 0.25) is 5.15 Å². The van der Waals surface area contributed by atoms with E-state index < -0.39 is 11.0 Å². The lowest BCUT2D eigenvalue weighted by Gasteiger charge is -2.39. The predicted molar refractivity (Wildman–Crippen MR) is 136 cm³/mol. The highest BCUT2D eigenvalue weighted by Gasteiger charge is 2.20. The number of halogens is 2. The van der Waals surface area contributed by atoms with E-state index in [1.54, 1.807) is 61.6 Å². The first-order valence-corrected chi connectivity index (χ1v) is 11.9. The van der Waals surface area contributed by atoms with Crippen molar-refractivity contribution < 1.29 is 9.11 Å². The summed E-state index contributed by atoms with van der Waals surface area (Å²) in [5.41, 5.74) is 2.69. The molecule has 0 saturated carbocycles. The summed E-state index contributed by atoms with van der Waals surface area (Å²) in [6.07, 6.45) is 4.97. The number of hydrogen-bond donors (Lipinski definition) is 5. The van der Waals surface area contributed by atoms with Gasteiger partial charge in [0.15, 0.2) is 5.15 Å². The molecule has 13 heteroatoms. The van der Waals surface area contributed by atoms with Gasteiger partial charge in [0.25, 0.3) is 0 Å². The van der Waals surface area contributed by atoms with E-state index in [4.69, 9.17) is 11.6 Å². The summed E-state index contributed by atoms with van der Waals surface area (Å²) in [6, 6.07) is 5.44. The topological polar surface area (TPSA) is 145 Å². The van der Waals surface area contributed by atoms with E-state index >= 15 is 0 Å². The van der Waals surface area contributed by atoms with Crippen LogP contribution in [0.5, 0.6) is 0 Å². The van der Waals surface area contributed by atoms with Crippen LogP contribution in [-0.4, -0.2) is 47.4 Å². The van der Waals surface area contributed by atoms with Gasteiger partial charge in [0.05, 0.1) is 5.69 Å². The molecule has 3 heterocycles. The van der Waals surface area contributed by atoms with Crippen LogP contribution in [0, 0.1) is 13.8 Å². The van der Waals surface area contributed by atoms with Gasteiger partial charge in [0.1, 0.15) is 17.5 Å². The minimum atomic E-state index is -3.23. The molecule has 0 unspecified atom stereocenters. The van der Waals surface area contributed by atoms with Gasteiger partial charge < -0.3 is 5.32 Å². The Labute approximate surface area is 201 Å². The summed E-state index contributed by atoms with van der Waals surface area (Å²) < 4.78 is 28.9. The maximum atomic E-state index is 10.2. The highest BCUT2D eigenvalue weighted by molar-refractivity contribution is 14.1. The average molecular weight is 579 g/mol. The SMILES string of the molecule is Cc1nccc(Nc2cc(-c3cnc(Cl)c(NS(O)(O)N(C)C)c3C)ccn2)n1.NI. The fourth-order valence-electron chi connectivity index (χ4n) is 2.53. The Balaban J connectivity index is 0.00000166. The van der Waals surface area contributed by atoms with Crippen LogP contribution >= 0.6 is 45.4 Å². The van der Waals surface area contributed by atoms with E-state index in [-0.39, 0.29) is 5.15 Å². The largest absolute Gasteiger partial charge is 0.325 e. The van der Waals surface area contributed by atoms with Gasteiger partial charge in [-0.3, -0.25) is 17.8 Å². The van der Waals surface area contributed by atoms with Crippen molar-refractivity contribution in [1.29, 1.82) is 0 Å². The maximum Gasteiger partial charge on any atom is 0.154 e. The number of hydrogen-bond acceptors (Lipinski definition) is 10. The van der Waals surface area contributed by atoms with Crippen molar-refractivity contribution in [3.05, 3.63) is 53.3 Å². The van der Waals surface area contributed by atoms with Crippen LogP contribution in [0.3, 0.4) is 0 Å². The summed E-state index contributed by atoms with van der Waals surface area (Å²) >= 11 is 7.86. The monoisotopic (exact) mass is 578 g/mol. The molecule has 3 rings (SSSR count). The van der Waals surface area contributed by atoms with E-state index in [9.17, 15) is 9.11 Å². The Morgan fingerprint density at radius 1 is 1.06 bits per heavy atom. The van der Waals surface area contributed by atoms with Crippen molar-refractivity contribution in [2.24, 2.45) is 3.95 Å². The molecule has 0 radical (unpaired) electrons. The maximum absolute atomic E-state index is 10.2. The third-order valence-corrected chi connectivity index (χ3v) is 5.93. The second-order valence-corrected chi connectivity index (χ2v) is 8.77. The van der Waals surface area contributed by atoms with Gasteiger partial charge in [-0.2, -0.15) is 4.31 Å². The zero-order chi connectivity index (χ0) is 23.2. The Morgan fingerprint density at radius 2 is 1.74 bits per heavy atom. The number of anilines is 3. The first-order valence-electron chi connectivity index (χ1n) is 8.81. The number of aryl methyl sites for hydroxylation is 1. The molecule has 3 aromatic heterocycles. The van der Waals surface area contributed by atoms with Crippen LogP contribution < -0.4 is 14.0 Å². The van der Waals surface area contributed by atoms with Gasteiger partial charge in [-0.05, 0) is 43.2 Å². The molecule has 0 fully saturated rings. The number of rotatable bonds is 6. The van der Waals surface area contributed by atoms with Crippen LogP contribution in [0.25, 0.3) is 11.1 Å². The van der Waals surface area contributed by atoms with Crippen LogP contribution in [-0.2, 0) is 0 Å². The highest BCUT2D eigenvalue weighted by atomic mass is 127. The molecule has 0 amide bonds. The van der Waals surface area contributed by atoms with Gasteiger partial charge in [0, 0.05) is 61.1 Å². The molecular formula is C18H24ClIN8O2S. The smallest absolute Gasteiger partial charge is 0.154 e. The molecule has 0 saturated heterocycles. The standard InChI is InChI=1S/C18H22ClN7O2S.H2IN/c1-11-14(10-22-18(19)17(11)25-29(27,28)26(3)4)13-5-7-21-16(9-13)24-15-6-8-20-12(2)23-15;1-2/h5-10,25,27-28H,1-4H3,(H,20,21,23,24);2H2. The number of nitrogens with zero attached hydrogens (tertiary/aromatic N) is 5. The first kappa shape index (κ1) is 25.5. The highest BCUT2D eigenvalue weighted by Crippen LogP contribution is 2.44. The molecule has 3 aromatic rings. The second kappa shape index (κ2) is 11.2. The van der Waals surface area contributed by atoms with Crippen molar-refractivity contribution in [3.63, 3.8) is 0 Å². The van der Waals surface area contributed by atoms with Gasteiger partial charge >= 0.3 is 0 Å². The van der Waals surface area contributed by atoms with E-state index in [1.807, 2.05) is 26.0 Å². The molecule has 0 bridgehead atoms. The molecule has 0 spiro atoms. The second-order valence-electron chi connectivity index (χ2n) is 6.44. The van der Waals surface area contributed by atoms with Gasteiger partial charge in [-0.1, -0.05) is 22.6 Å². The van der Waals surface area contributed by atoms with E-state index in [1.165, 1.54) is 4.31 Å². The minimum Gasteiger partial charge on any atom is -0.325 e. The molecule has 0 aliphatic carbocycles. The quantitative estimate of drug-likeness (QED) is 0.157. The number of nitrogens with two attached hydrogens (primary N) is 1. The molecule has 0 aromatic carbocycles. The average Bonchev–Trinajstić information content (AvgIpc) is 2.73. The number of nitrogens with one attached hydrogen (secondary N) is 2. The van der Waals surface area contributed by atoms with E-state index in [2.05, 4.69) is 33.9 Å². The normalized spacial score (nSPS) is 11.5. The van der Waals surface area contributed by atoms with Crippen LogP contribution in [0.4, 0.5) is 17.3 Å². The zero-order valence-electron chi connectivity index (χ0n) is 17.3. The fourth-order valence-corrected chi connectivity index (χ4v) is 3.53. The van der Waals surface area contributed by atoms with E-state index in [0.717, 1.165) is 16.7 Å². The lowest BCUT2D eigenvalue weighted by atomic mass is 10.0. The molecular weight excluding hydrogens is 555 g/mol. The van der Waals surface area contributed by atoms with Gasteiger partial charge in [0.2, 0.25) is 0 Å². The summed E-state index contributed by atoms with van der Waals surface area (Å²) in [6.45, 7) is 3.64. The summed E-state index contributed by atoms with van der Waals surface area (Å²) in [7, 11) is -0.120. The minimum absolute atomic E-state index is 0.150. The lowest BCUT2D eigenvalue weighted by molar-refractivity contribution is 0.421. The molecule has 0 aliphatic rings. The van der Waals surface area contributed by atoms with Gasteiger partial charge in [-0.25, -0.2) is 19.9 Å². The molecule has 168 valence electrons. The van der Waals surface area contributed by atoms with E-state index in [0.29, 0.717) is 23.1 Å². The molecule has 31 heavy (non-hydrogen) atoms. The number of aromatic nitrogens is 4. The molecule has 0 aliphatic heterocycles. The molecule has 10 nitrogen and oxygen atoms in total. The Kier molecular flexibility index (Phi) is 9.17. The van der Waals surface area contributed by atoms with Crippen LogP contribution in [0.15, 0.2) is 36.8 Å². The number of pyridine rings is 2. The molecule has 6 N–H and O–H groups in total. The predicted octanol–water partition coefficient (Wildman–Crippen LogP) is 4.80. The summed E-state index contributed by atoms with van der Waals surface area (Å²) in [5, 5.41) is 3.30. The first-order chi connectivity index (χ1) is 14.7. The molecule has 0 atom stereocenters. The lowest BCUT2D eigenvalue weighted by Crippen LogP contribution is -2.25. The third kappa shape index (κ3) is 6.58. The van der Waals surface area contributed by atoms with Crippen molar-refractivity contribution in [2.45, 2.75) is 13.8 Å². The van der Waals surface area contributed by atoms with Crippen molar-refractivity contribution in [3.8, 4) is 11.1 Å². The zero-order valence-corrected chi connectivity index (χ0v) is 21.1. The van der Waals surface area contributed by atoms with Crippen LogP contribution in [0.1, 0.15) is 11.4 Å². The Hall–Kier alpha value is -1.81. The summed E-state index contributed by atoms with van der Waals surface area (Å²) in [4.78, 5) is 16.9. The third-order valence-electron chi connectivity index (χ3n) is 4.14. The Bertz CT molecular complexity index is 1040. The summed E-state index contributed by atoms with van der Waals surface area (Å²) in [5.74, 6) is 1.89. The van der Waals surface area contributed by atoms with Crippen molar-refractivity contribution in [2.75, 3.05) is 24.1 Å².